The topological polar surface area (TPSA) is 93.3 Å². The molecular formula is C23H24FN5O3. The molecule has 3 aromatic rings. The third kappa shape index (κ3) is 3.90. The average molecular weight is 437 g/mol. The van der Waals surface area contributed by atoms with E-state index in [-0.39, 0.29) is 17.5 Å². The van der Waals surface area contributed by atoms with Gasteiger partial charge < -0.3 is 14.7 Å². The maximum absolute atomic E-state index is 13.4. The summed E-state index contributed by atoms with van der Waals surface area (Å²) in [4.78, 5) is 27.3. The Hall–Kier alpha value is -3.49. The van der Waals surface area contributed by atoms with Crippen LogP contribution in [0.2, 0.25) is 0 Å². The lowest BCUT2D eigenvalue weighted by Gasteiger charge is -2.32. The fraction of sp³-hybridized carbons (Fsp3) is 0.391. The summed E-state index contributed by atoms with van der Waals surface area (Å²) in [5.41, 5.74) is 1.67. The van der Waals surface area contributed by atoms with E-state index in [1.165, 1.54) is 18.2 Å². The van der Waals surface area contributed by atoms with Crippen LogP contribution in [0.15, 0.2) is 41.1 Å². The third-order valence-corrected chi connectivity index (χ3v) is 6.25. The number of carbonyl (C=O) groups excluding carboxylic acids is 2. The van der Waals surface area contributed by atoms with Gasteiger partial charge in [0.05, 0.1) is 12.2 Å². The molecule has 9 heteroatoms. The van der Waals surface area contributed by atoms with Crippen LogP contribution in [-0.4, -0.2) is 44.7 Å². The number of anilines is 1. The SMILES string of the molecule is O=C(Nc1ccnn1C1CCN(C(=O)c2noc3c2CCCC3)CC1)c1cccc(F)c1. The first kappa shape index (κ1) is 20.4. The smallest absolute Gasteiger partial charge is 0.276 e. The van der Waals surface area contributed by atoms with Crippen LogP contribution >= 0.6 is 0 Å². The Morgan fingerprint density at radius 3 is 2.75 bits per heavy atom. The molecule has 1 N–H and O–H groups in total. The molecule has 1 fully saturated rings. The number of hydrogen-bond acceptors (Lipinski definition) is 5. The monoisotopic (exact) mass is 437 g/mol. The van der Waals surface area contributed by atoms with E-state index in [0.717, 1.165) is 37.0 Å². The summed E-state index contributed by atoms with van der Waals surface area (Å²) in [5, 5.41) is 11.3. The predicted octanol–water partition coefficient (Wildman–Crippen LogP) is 3.62. The van der Waals surface area contributed by atoms with Crippen molar-refractivity contribution in [3.63, 3.8) is 0 Å². The molecule has 2 aliphatic rings. The Balaban J connectivity index is 1.24. The van der Waals surface area contributed by atoms with Crippen molar-refractivity contribution in [2.24, 2.45) is 0 Å². The van der Waals surface area contributed by atoms with Crippen molar-refractivity contribution in [2.45, 2.75) is 44.6 Å². The van der Waals surface area contributed by atoms with Crippen molar-refractivity contribution in [1.82, 2.24) is 19.8 Å². The van der Waals surface area contributed by atoms with Crippen molar-refractivity contribution < 1.29 is 18.5 Å². The number of aryl methyl sites for hydroxylation is 1. The molecule has 0 spiro atoms. The van der Waals surface area contributed by atoms with Crippen molar-refractivity contribution >= 4 is 17.6 Å². The summed E-state index contributed by atoms with van der Waals surface area (Å²) in [7, 11) is 0. The van der Waals surface area contributed by atoms with Gasteiger partial charge in [0, 0.05) is 36.7 Å². The molecule has 0 atom stereocenters. The van der Waals surface area contributed by atoms with E-state index < -0.39 is 11.7 Å². The molecule has 5 rings (SSSR count). The van der Waals surface area contributed by atoms with Gasteiger partial charge in [-0.2, -0.15) is 5.10 Å². The Morgan fingerprint density at radius 2 is 1.94 bits per heavy atom. The fourth-order valence-electron chi connectivity index (χ4n) is 4.54. The maximum atomic E-state index is 13.4. The number of halogens is 1. The number of nitrogens with one attached hydrogen (secondary N) is 1. The lowest BCUT2D eigenvalue weighted by Crippen LogP contribution is -2.40. The molecule has 32 heavy (non-hydrogen) atoms. The second kappa shape index (κ2) is 8.57. The van der Waals surface area contributed by atoms with Gasteiger partial charge >= 0.3 is 0 Å². The quantitative estimate of drug-likeness (QED) is 0.673. The minimum Gasteiger partial charge on any atom is -0.360 e. The Labute approximate surface area is 184 Å². The van der Waals surface area contributed by atoms with Gasteiger partial charge in [0.2, 0.25) is 0 Å². The fourth-order valence-corrected chi connectivity index (χ4v) is 4.54. The summed E-state index contributed by atoms with van der Waals surface area (Å²) in [6.45, 7) is 1.14. The van der Waals surface area contributed by atoms with Crippen molar-refractivity contribution in [1.29, 1.82) is 0 Å². The number of hydrogen-bond donors (Lipinski definition) is 1. The molecule has 2 aromatic heterocycles. The highest BCUT2D eigenvalue weighted by atomic mass is 19.1. The zero-order chi connectivity index (χ0) is 22.1. The van der Waals surface area contributed by atoms with Crippen LogP contribution in [0.4, 0.5) is 10.2 Å². The van der Waals surface area contributed by atoms with Crippen LogP contribution < -0.4 is 5.32 Å². The average Bonchev–Trinajstić information content (AvgIpc) is 3.46. The minimum absolute atomic E-state index is 0.0445. The van der Waals surface area contributed by atoms with E-state index in [1.807, 2.05) is 4.90 Å². The van der Waals surface area contributed by atoms with Crippen LogP contribution in [-0.2, 0) is 12.8 Å². The lowest BCUT2D eigenvalue weighted by atomic mass is 9.95. The highest BCUT2D eigenvalue weighted by molar-refractivity contribution is 6.03. The molecule has 1 aromatic carbocycles. The van der Waals surface area contributed by atoms with Gasteiger partial charge in [-0.3, -0.25) is 9.59 Å². The van der Waals surface area contributed by atoms with E-state index in [1.54, 1.807) is 23.0 Å². The number of piperidine rings is 1. The third-order valence-electron chi connectivity index (χ3n) is 6.25. The highest BCUT2D eigenvalue weighted by Gasteiger charge is 2.31. The molecule has 166 valence electrons. The number of nitrogens with zero attached hydrogens (tertiary/aromatic N) is 4. The Kier molecular flexibility index (Phi) is 5.46. The summed E-state index contributed by atoms with van der Waals surface area (Å²) in [6.07, 6.45) is 6.86. The highest BCUT2D eigenvalue weighted by Crippen LogP contribution is 2.29. The largest absolute Gasteiger partial charge is 0.360 e. The predicted molar refractivity (Wildman–Crippen MR) is 114 cm³/mol. The first-order chi connectivity index (χ1) is 15.6. The van der Waals surface area contributed by atoms with Gasteiger partial charge in [0.1, 0.15) is 17.4 Å². The van der Waals surface area contributed by atoms with Gasteiger partial charge in [-0.05, 0) is 50.3 Å². The zero-order valence-corrected chi connectivity index (χ0v) is 17.6. The summed E-state index contributed by atoms with van der Waals surface area (Å²) in [5.74, 6) is 0.473. The van der Waals surface area contributed by atoms with Gasteiger partial charge in [-0.1, -0.05) is 11.2 Å². The summed E-state index contributed by atoms with van der Waals surface area (Å²) < 4.78 is 20.6. The molecule has 0 radical (unpaired) electrons. The molecule has 8 nitrogen and oxygen atoms in total. The minimum atomic E-state index is -0.462. The molecule has 1 aliphatic carbocycles. The summed E-state index contributed by atoms with van der Waals surface area (Å²) >= 11 is 0. The number of benzene rings is 1. The Morgan fingerprint density at radius 1 is 1.12 bits per heavy atom. The zero-order valence-electron chi connectivity index (χ0n) is 17.6. The number of carbonyl (C=O) groups is 2. The maximum Gasteiger partial charge on any atom is 0.276 e. The molecule has 2 amide bonds. The number of aromatic nitrogens is 3. The number of likely N-dealkylation sites (tertiary alicyclic amines) is 1. The first-order valence-electron chi connectivity index (χ1n) is 11.0. The number of rotatable bonds is 4. The molecule has 0 saturated carbocycles. The second-order valence-corrected chi connectivity index (χ2v) is 8.29. The molecule has 3 heterocycles. The van der Waals surface area contributed by atoms with Gasteiger partial charge in [0.25, 0.3) is 11.8 Å². The van der Waals surface area contributed by atoms with Crippen LogP contribution in [0.25, 0.3) is 0 Å². The normalized spacial score (nSPS) is 16.6. The van der Waals surface area contributed by atoms with E-state index in [9.17, 15) is 14.0 Å². The Bertz CT molecular complexity index is 1150. The van der Waals surface area contributed by atoms with Gasteiger partial charge in [0.15, 0.2) is 5.69 Å². The lowest BCUT2D eigenvalue weighted by molar-refractivity contribution is 0.0679. The van der Waals surface area contributed by atoms with Crippen molar-refractivity contribution in [3.05, 3.63) is 64.9 Å². The van der Waals surface area contributed by atoms with Crippen LogP contribution in [0.5, 0.6) is 0 Å². The van der Waals surface area contributed by atoms with Gasteiger partial charge in [-0.25, -0.2) is 9.07 Å². The van der Waals surface area contributed by atoms with Crippen LogP contribution in [0.3, 0.4) is 0 Å². The molecule has 1 aliphatic heterocycles. The molecular weight excluding hydrogens is 413 g/mol. The van der Waals surface area contributed by atoms with Crippen molar-refractivity contribution in [3.8, 4) is 0 Å². The summed E-state index contributed by atoms with van der Waals surface area (Å²) in [6, 6.07) is 7.32. The molecule has 1 saturated heterocycles. The van der Waals surface area contributed by atoms with Crippen LogP contribution in [0.1, 0.15) is 63.9 Å². The molecule has 0 bridgehead atoms. The molecule has 0 unspecified atom stereocenters. The standard InChI is InChI=1S/C23H24FN5O3/c24-16-5-3-4-15(14-16)22(30)26-20-8-11-25-29(20)17-9-12-28(13-10-17)23(31)21-18-6-1-2-7-19(18)32-27-21/h3-5,8,11,14,17H,1-2,6-7,9-10,12-13H2,(H,26,30). The van der Waals surface area contributed by atoms with E-state index in [0.29, 0.717) is 37.4 Å². The van der Waals surface area contributed by atoms with E-state index in [4.69, 9.17) is 4.52 Å². The number of amides is 2. The van der Waals surface area contributed by atoms with E-state index in [2.05, 4.69) is 15.6 Å². The van der Waals surface area contributed by atoms with Crippen LogP contribution in [0, 0.1) is 5.82 Å². The van der Waals surface area contributed by atoms with Gasteiger partial charge in [-0.15, -0.1) is 0 Å². The number of fused-ring (bicyclic) bond motifs is 1. The van der Waals surface area contributed by atoms with E-state index >= 15 is 0 Å². The second-order valence-electron chi connectivity index (χ2n) is 8.29. The first-order valence-corrected chi connectivity index (χ1v) is 11.0. The van der Waals surface area contributed by atoms with Crippen molar-refractivity contribution in [2.75, 3.05) is 18.4 Å².